The third-order valence-electron chi connectivity index (χ3n) is 2.73. The molecule has 1 heterocycles. The lowest BCUT2D eigenvalue weighted by Gasteiger charge is -2.21. The first-order valence-corrected chi connectivity index (χ1v) is 5.70. The van der Waals surface area contributed by atoms with Crippen molar-refractivity contribution in [2.75, 3.05) is 11.9 Å². The predicted octanol–water partition coefficient (Wildman–Crippen LogP) is 2.18. The zero-order valence-electron chi connectivity index (χ0n) is 10.0. The lowest BCUT2D eigenvalue weighted by Crippen LogP contribution is -2.19. The topological polar surface area (TPSA) is 42.2 Å². The van der Waals surface area contributed by atoms with Gasteiger partial charge in [0.2, 0.25) is 0 Å². The smallest absolute Gasteiger partial charge is 0.0772 e. The standard InChI is InChI=1S/C14H17N3/c1-17(11-12-6-3-2-4-7-12)14-8-5-9-16-13(14)10-15/h2-9H,10-11,15H2,1H3. The highest BCUT2D eigenvalue weighted by Crippen LogP contribution is 2.18. The number of benzene rings is 1. The van der Waals surface area contributed by atoms with Crippen LogP contribution in [0, 0.1) is 0 Å². The van der Waals surface area contributed by atoms with E-state index in [2.05, 4.69) is 47.3 Å². The molecule has 2 N–H and O–H groups in total. The van der Waals surface area contributed by atoms with Crippen LogP contribution in [0.15, 0.2) is 48.7 Å². The molecule has 0 aliphatic heterocycles. The van der Waals surface area contributed by atoms with Crippen LogP contribution in [0.4, 0.5) is 5.69 Å². The molecule has 88 valence electrons. The Kier molecular flexibility index (Phi) is 3.73. The van der Waals surface area contributed by atoms with Crippen LogP contribution in [0.2, 0.25) is 0 Å². The SMILES string of the molecule is CN(Cc1ccccc1)c1cccnc1CN. The van der Waals surface area contributed by atoms with E-state index >= 15 is 0 Å². The van der Waals surface area contributed by atoms with Gasteiger partial charge in [0.15, 0.2) is 0 Å². The first kappa shape index (κ1) is 11.6. The van der Waals surface area contributed by atoms with E-state index in [9.17, 15) is 0 Å². The average molecular weight is 227 g/mol. The summed E-state index contributed by atoms with van der Waals surface area (Å²) in [5, 5.41) is 0. The molecule has 0 unspecified atom stereocenters. The van der Waals surface area contributed by atoms with Crippen LogP contribution in [-0.4, -0.2) is 12.0 Å². The van der Waals surface area contributed by atoms with E-state index in [1.165, 1.54) is 5.56 Å². The molecule has 0 radical (unpaired) electrons. The highest BCUT2D eigenvalue weighted by atomic mass is 15.1. The summed E-state index contributed by atoms with van der Waals surface area (Å²) in [4.78, 5) is 6.46. The average Bonchev–Trinajstić information content (AvgIpc) is 2.40. The fourth-order valence-electron chi connectivity index (χ4n) is 1.88. The normalized spacial score (nSPS) is 10.2. The van der Waals surface area contributed by atoms with Crippen molar-refractivity contribution >= 4 is 5.69 Å². The molecule has 1 aromatic heterocycles. The van der Waals surface area contributed by atoms with Crippen LogP contribution < -0.4 is 10.6 Å². The first-order chi connectivity index (χ1) is 8.31. The molecule has 1 aromatic carbocycles. The second-order valence-electron chi connectivity index (χ2n) is 4.02. The van der Waals surface area contributed by atoms with Gasteiger partial charge in [-0.05, 0) is 17.7 Å². The second kappa shape index (κ2) is 5.46. The minimum atomic E-state index is 0.468. The highest BCUT2D eigenvalue weighted by molar-refractivity contribution is 5.50. The molecule has 0 saturated carbocycles. The van der Waals surface area contributed by atoms with E-state index in [-0.39, 0.29) is 0 Å². The number of nitrogens with two attached hydrogens (primary N) is 1. The zero-order valence-corrected chi connectivity index (χ0v) is 10.0. The molecule has 0 aliphatic carbocycles. The molecule has 0 amide bonds. The van der Waals surface area contributed by atoms with E-state index in [1.54, 1.807) is 6.20 Å². The van der Waals surface area contributed by atoms with Gasteiger partial charge >= 0.3 is 0 Å². The summed E-state index contributed by atoms with van der Waals surface area (Å²) >= 11 is 0. The predicted molar refractivity (Wildman–Crippen MR) is 70.7 cm³/mol. The quantitative estimate of drug-likeness (QED) is 0.870. The van der Waals surface area contributed by atoms with Gasteiger partial charge in [-0.2, -0.15) is 0 Å². The van der Waals surface area contributed by atoms with Crippen molar-refractivity contribution in [2.45, 2.75) is 13.1 Å². The third kappa shape index (κ3) is 2.82. The number of aromatic nitrogens is 1. The monoisotopic (exact) mass is 227 g/mol. The number of hydrogen-bond donors (Lipinski definition) is 1. The fraction of sp³-hybridized carbons (Fsp3) is 0.214. The summed E-state index contributed by atoms with van der Waals surface area (Å²) in [5.74, 6) is 0. The van der Waals surface area contributed by atoms with E-state index in [1.807, 2.05) is 12.1 Å². The van der Waals surface area contributed by atoms with Gasteiger partial charge in [0.05, 0.1) is 11.4 Å². The molecular formula is C14H17N3. The highest BCUT2D eigenvalue weighted by Gasteiger charge is 2.06. The molecule has 3 nitrogen and oxygen atoms in total. The van der Waals surface area contributed by atoms with E-state index in [0.717, 1.165) is 17.9 Å². The van der Waals surface area contributed by atoms with Gasteiger partial charge in [0.25, 0.3) is 0 Å². The van der Waals surface area contributed by atoms with Crippen molar-refractivity contribution in [1.82, 2.24) is 4.98 Å². The second-order valence-corrected chi connectivity index (χ2v) is 4.02. The molecule has 0 fully saturated rings. The lowest BCUT2D eigenvalue weighted by molar-refractivity contribution is 0.884. The maximum Gasteiger partial charge on any atom is 0.0772 e. The van der Waals surface area contributed by atoms with Gasteiger partial charge in [0, 0.05) is 26.3 Å². The summed E-state index contributed by atoms with van der Waals surface area (Å²) < 4.78 is 0. The number of anilines is 1. The molecule has 2 rings (SSSR count). The van der Waals surface area contributed by atoms with Gasteiger partial charge in [0.1, 0.15) is 0 Å². The number of pyridine rings is 1. The number of rotatable bonds is 4. The molecule has 17 heavy (non-hydrogen) atoms. The largest absolute Gasteiger partial charge is 0.369 e. The molecule has 0 aliphatic rings. The Labute approximate surface area is 102 Å². The molecule has 0 spiro atoms. The van der Waals surface area contributed by atoms with Gasteiger partial charge in [-0.15, -0.1) is 0 Å². The van der Waals surface area contributed by atoms with Crippen LogP contribution in [0.25, 0.3) is 0 Å². The Bertz CT molecular complexity index is 468. The molecule has 2 aromatic rings. The van der Waals surface area contributed by atoms with Crippen LogP contribution >= 0.6 is 0 Å². The van der Waals surface area contributed by atoms with Crippen LogP contribution in [0.1, 0.15) is 11.3 Å². The Morgan fingerprint density at radius 3 is 2.59 bits per heavy atom. The van der Waals surface area contributed by atoms with Gasteiger partial charge in [-0.1, -0.05) is 30.3 Å². The minimum Gasteiger partial charge on any atom is -0.369 e. The maximum absolute atomic E-state index is 5.69. The van der Waals surface area contributed by atoms with Gasteiger partial charge < -0.3 is 10.6 Å². The molecule has 0 bridgehead atoms. The van der Waals surface area contributed by atoms with Crippen molar-refractivity contribution in [1.29, 1.82) is 0 Å². The Balaban J connectivity index is 2.17. The summed E-state index contributed by atoms with van der Waals surface area (Å²) in [5.41, 5.74) is 9.00. The van der Waals surface area contributed by atoms with Crippen LogP contribution in [0.3, 0.4) is 0 Å². The Morgan fingerprint density at radius 2 is 1.88 bits per heavy atom. The van der Waals surface area contributed by atoms with Crippen LogP contribution in [-0.2, 0) is 13.1 Å². The molecular weight excluding hydrogens is 210 g/mol. The van der Waals surface area contributed by atoms with Gasteiger partial charge in [-0.25, -0.2) is 0 Å². The lowest BCUT2D eigenvalue weighted by atomic mass is 10.2. The fourth-order valence-corrected chi connectivity index (χ4v) is 1.88. The van der Waals surface area contributed by atoms with Crippen molar-refractivity contribution < 1.29 is 0 Å². The summed E-state index contributed by atoms with van der Waals surface area (Å²) in [6, 6.07) is 14.4. The Hall–Kier alpha value is -1.87. The third-order valence-corrected chi connectivity index (χ3v) is 2.73. The van der Waals surface area contributed by atoms with Crippen molar-refractivity contribution in [3.8, 4) is 0 Å². The number of hydrogen-bond acceptors (Lipinski definition) is 3. The molecule has 0 saturated heterocycles. The van der Waals surface area contributed by atoms with E-state index in [4.69, 9.17) is 5.73 Å². The molecule has 3 heteroatoms. The summed E-state index contributed by atoms with van der Waals surface area (Å²) in [7, 11) is 2.06. The number of nitrogens with zero attached hydrogens (tertiary/aromatic N) is 2. The van der Waals surface area contributed by atoms with E-state index in [0.29, 0.717) is 6.54 Å². The summed E-state index contributed by atoms with van der Waals surface area (Å²) in [6.07, 6.45) is 1.78. The van der Waals surface area contributed by atoms with Crippen LogP contribution in [0.5, 0.6) is 0 Å². The first-order valence-electron chi connectivity index (χ1n) is 5.70. The van der Waals surface area contributed by atoms with Crippen molar-refractivity contribution in [3.63, 3.8) is 0 Å². The van der Waals surface area contributed by atoms with Gasteiger partial charge in [-0.3, -0.25) is 4.98 Å². The van der Waals surface area contributed by atoms with E-state index < -0.39 is 0 Å². The maximum atomic E-state index is 5.69. The molecule has 0 atom stereocenters. The van der Waals surface area contributed by atoms with Crippen molar-refractivity contribution in [3.05, 3.63) is 59.9 Å². The Morgan fingerprint density at radius 1 is 1.12 bits per heavy atom. The zero-order chi connectivity index (χ0) is 12.1. The summed E-state index contributed by atoms with van der Waals surface area (Å²) in [6.45, 7) is 1.33. The minimum absolute atomic E-state index is 0.468. The van der Waals surface area contributed by atoms with Crippen molar-refractivity contribution in [2.24, 2.45) is 5.73 Å².